The number of hydrogen-bond acceptors (Lipinski definition) is 3. The Morgan fingerprint density at radius 1 is 1.17 bits per heavy atom. The topological polar surface area (TPSA) is 38.3 Å². The molecule has 4 heteroatoms. The molecule has 0 aliphatic carbocycles. The fraction of sp³-hybridized carbons (Fsp3) is 0.211. The van der Waals surface area contributed by atoms with Crippen LogP contribution in [0.1, 0.15) is 18.1 Å². The summed E-state index contributed by atoms with van der Waals surface area (Å²) in [6, 6.07) is 18.0. The van der Waals surface area contributed by atoms with E-state index >= 15 is 0 Å². The number of alkyl carbamates (subject to hydrolysis) is 1. The number of ether oxygens (including phenoxy) is 1. The molecule has 120 valence electrons. The fourth-order valence-electron chi connectivity index (χ4n) is 1.99. The number of hydrogen-bond donors (Lipinski definition) is 1. The van der Waals surface area contributed by atoms with Crippen molar-refractivity contribution in [1.82, 2.24) is 5.32 Å². The van der Waals surface area contributed by atoms with Crippen LogP contribution in [0.3, 0.4) is 0 Å². The van der Waals surface area contributed by atoms with Crippen LogP contribution in [0.2, 0.25) is 0 Å². The van der Waals surface area contributed by atoms with E-state index in [2.05, 4.69) is 24.4 Å². The van der Waals surface area contributed by atoms with Gasteiger partial charge in [0.2, 0.25) is 0 Å². The Hall–Kier alpha value is -2.20. The van der Waals surface area contributed by atoms with Crippen molar-refractivity contribution in [3.05, 3.63) is 71.8 Å². The SMILES string of the molecule is CCSc1cccc(C=CCNC(=O)OCc2ccccc2)c1. The monoisotopic (exact) mass is 327 g/mol. The van der Waals surface area contributed by atoms with Gasteiger partial charge in [0.1, 0.15) is 6.61 Å². The lowest BCUT2D eigenvalue weighted by atomic mass is 10.2. The Labute approximate surface area is 141 Å². The van der Waals surface area contributed by atoms with Crippen LogP contribution in [-0.2, 0) is 11.3 Å². The molecule has 0 aliphatic rings. The summed E-state index contributed by atoms with van der Waals surface area (Å²) in [6.07, 6.45) is 3.50. The zero-order valence-corrected chi connectivity index (χ0v) is 14.0. The largest absolute Gasteiger partial charge is 0.445 e. The molecular formula is C19H21NO2S. The van der Waals surface area contributed by atoms with Crippen LogP contribution in [-0.4, -0.2) is 18.4 Å². The number of benzene rings is 2. The van der Waals surface area contributed by atoms with Crippen LogP contribution in [0.25, 0.3) is 6.08 Å². The van der Waals surface area contributed by atoms with Gasteiger partial charge in [0.15, 0.2) is 0 Å². The Bertz CT molecular complexity index is 641. The molecule has 0 saturated carbocycles. The summed E-state index contributed by atoms with van der Waals surface area (Å²) in [6.45, 7) is 2.86. The van der Waals surface area contributed by atoms with E-state index < -0.39 is 6.09 Å². The van der Waals surface area contributed by atoms with Crippen LogP contribution in [0.15, 0.2) is 65.6 Å². The molecule has 0 fully saturated rings. The predicted molar refractivity (Wildman–Crippen MR) is 96.5 cm³/mol. The van der Waals surface area contributed by atoms with Crippen molar-refractivity contribution in [1.29, 1.82) is 0 Å². The highest BCUT2D eigenvalue weighted by molar-refractivity contribution is 7.99. The van der Waals surface area contributed by atoms with E-state index in [4.69, 9.17) is 4.74 Å². The maximum Gasteiger partial charge on any atom is 0.407 e. The predicted octanol–water partition coefficient (Wildman–Crippen LogP) is 4.74. The molecule has 2 rings (SSSR count). The minimum Gasteiger partial charge on any atom is -0.445 e. The third-order valence-corrected chi connectivity index (χ3v) is 3.93. The average molecular weight is 327 g/mol. The summed E-state index contributed by atoms with van der Waals surface area (Å²) in [7, 11) is 0. The van der Waals surface area contributed by atoms with Crippen LogP contribution in [0.4, 0.5) is 4.79 Å². The minimum atomic E-state index is -0.409. The van der Waals surface area contributed by atoms with Gasteiger partial charge in [-0.15, -0.1) is 11.8 Å². The molecule has 1 amide bonds. The van der Waals surface area contributed by atoms with Gasteiger partial charge in [-0.25, -0.2) is 4.79 Å². The molecule has 0 bridgehead atoms. The van der Waals surface area contributed by atoms with Crippen LogP contribution in [0, 0.1) is 0 Å². The molecule has 0 heterocycles. The molecule has 0 aromatic heterocycles. The third kappa shape index (κ3) is 6.61. The lowest BCUT2D eigenvalue weighted by Crippen LogP contribution is -2.24. The van der Waals surface area contributed by atoms with E-state index in [1.54, 1.807) is 0 Å². The zero-order chi connectivity index (χ0) is 16.3. The van der Waals surface area contributed by atoms with Crippen molar-refractivity contribution in [2.45, 2.75) is 18.4 Å². The average Bonchev–Trinajstić information content (AvgIpc) is 2.58. The zero-order valence-electron chi connectivity index (χ0n) is 13.2. The first-order valence-corrected chi connectivity index (χ1v) is 8.60. The molecule has 0 radical (unpaired) electrons. The first-order chi connectivity index (χ1) is 11.3. The second-order valence-corrected chi connectivity index (χ2v) is 6.19. The van der Waals surface area contributed by atoms with Gasteiger partial charge in [0.05, 0.1) is 0 Å². The number of rotatable bonds is 7. The van der Waals surface area contributed by atoms with Crippen molar-refractivity contribution < 1.29 is 9.53 Å². The molecule has 2 aromatic rings. The number of amides is 1. The summed E-state index contributed by atoms with van der Waals surface area (Å²) >= 11 is 1.81. The Kier molecular flexibility index (Phi) is 7.27. The highest BCUT2D eigenvalue weighted by Gasteiger charge is 2.00. The minimum absolute atomic E-state index is 0.284. The van der Waals surface area contributed by atoms with Gasteiger partial charge in [-0.3, -0.25) is 0 Å². The Balaban J connectivity index is 1.71. The van der Waals surface area contributed by atoms with E-state index in [-0.39, 0.29) is 6.61 Å². The number of thioether (sulfide) groups is 1. The van der Waals surface area contributed by atoms with Gasteiger partial charge in [-0.05, 0) is 29.0 Å². The van der Waals surface area contributed by atoms with Gasteiger partial charge in [0.25, 0.3) is 0 Å². The lowest BCUT2D eigenvalue weighted by molar-refractivity contribution is 0.141. The van der Waals surface area contributed by atoms with Crippen LogP contribution in [0.5, 0.6) is 0 Å². The molecule has 0 spiro atoms. The van der Waals surface area contributed by atoms with Crippen molar-refractivity contribution in [2.75, 3.05) is 12.3 Å². The van der Waals surface area contributed by atoms with Crippen molar-refractivity contribution >= 4 is 23.9 Å². The van der Waals surface area contributed by atoms with Crippen LogP contribution < -0.4 is 5.32 Å². The standard InChI is InChI=1S/C19H21NO2S/c1-2-23-18-12-6-10-16(14-18)11-7-13-20-19(21)22-15-17-8-4-3-5-9-17/h3-12,14H,2,13,15H2,1H3,(H,20,21). The molecule has 1 N–H and O–H groups in total. The van der Waals surface area contributed by atoms with Crippen molar-refractivity contribution in [2.24, 2.45) is 0 Å². The van der Waals surface area contributed by atoms with Crippen molar-refractivity contribution in [3.63, 3.8) is 0 Å². The lowest BCUT2D eigenvalue weighted by Gasteiger charge is -2.05. The maximum absolute atomic E-state index is 11.6. The Morgan fingerprint density at radius 2 is 2.00 bits per heavy atom. The summed E-state index contributed by atoms with van der Waals surface area (Å²) in [5, 5.41) is 2.71. The van der Waals surface area contributed by atoms with Gasteiger partial charge in [0, 0.05) is 11.4 Å². The van der Waals surface area contributed by atoms with E-state index in [0.29, 0.717) is 6.54 Å². The second-order valence-electron chi connectivity index (χ2n) is 4.85. The number of nitrogens with one attached hydrogen (secondary N) is 1. The molecule has 0 atom stereocenters. The highest BCUT2D eigenvalue weighted by atomic mass is 32.2. The smallest absolute Gasteiger partial charge is 0.407 e. The summed E-state index contributed by atoms with van der Waals surface area (Å²) in [5.41, 5.74) is 2.10. The summed E-state index contributed by atoms with van der Waals surface area (Å²) < 4.78 is 5.14. The molecule has 0 saturated heterocycles. The molecule has 0 unspecified atom stereocenters. The Morgan fingerprint density at radius 3 is 2.78 bits per heavy atom. The van der Waals surface area contributed by atoms with Crippen molar-refractivity contribution in [3.8, 4) is 0 Å². The normalized spacial score (nSPS) is 10.7. The van der Waals surface area contributed by atoms with E-state index in [1.807, 2.05) is 66.4 Å². The van der Waals surface area contributed by atoms with Gasteiger partial charge >= 0.3 is 6.09 Å². The van der Waals surface area contributed by atoms with E-state index in [9.17, 15) is 4.79 Å². The maximum atomic E-state index is 11.6. The first-order valence-electron chi connectivity index (χ1n) is 7.62. The van der Waals surface area contributed by atoms with Gasteiger partial charge in [-0.1, -0.05) is 61.5 Å². The number of carbonyl (C=O) groups is 1. The molecule has 3 nitrogen and oxygen atoms in total. The van der Waals surface area contributed by atoms with Crippen LogP contribution >= 0.6 is 11.8 Å². The quantitative estimate of drug-likeness (QED) is 0.747. The van der Waals surface area contributed by atoms with Gasteiger partial charge < -0.3 is 10.1 Å². The first kappa shape index (κ1) is 17.2. The highest BCUT2D eigenvalue weighted by Crippen LogP contribution is 2.19. The van der Waals surface area contributed by atoms with Gasteiger partial charge in [-0.2, -0.15) is 0 Å². The third-order valence-electron chi connectivity index (χ3n) is 3.06. The summed E-state index contributed by atoms with van der Waals surface area (Å²) in [5.74, 6) is 1.06. The summed E-state index contributed by atoms with van der Waals surface area (Å²) in [4.78, 5) is 12.9. The second kappa shape index (κ2) is 9.74. The van der Waals surface area contributed by atoms with E-state index in [0.717, 1.165) is 16.9 Å². The van der Waals surface area contributed by atoms with E-state index in [1.165, 1.54) is 4.90 Å². The fourth-order valence-corrected chi connectivity index (χ4v) is 2.71. The molecular weight excluding hydrogens is 306 g/mol. The molecule has 0 aliphatic heterocycles. The number of carbonyl (C=O) groups excluding carboxylic acids is 1. The molecule has 23 heavy (non-hydrogen) atoms. The molecule has 2 aromatic carbocycles.